The molecule has 1 aliphatic heterocycles. The normalized spacial score (nSPS) is 16.2. The van der Waals surface area contributed by atoms with Crippen LogP contribution < -0.4 is 0 Å². The average Bonchev–Trinajstić information content (AvgIpc) is 2.61. The highest BCUT2D eigenvalue weighted by Gasteiger charge is 2.27. The van der Waals surface area contributed by atoms with Crippen LogP contribution in [0.1, 0.15) is 19.4 Å². The quantitative estimate of drug-likeness (QED) is 0.769. The van der Waals surface area contributed by atoms with Gasteiger partial charge in [0.2, 0.25) is 15.9 Å². The molecule has 8 heteroatoms. The zero-order chi connectivity index (χ0) is 18.6. The monoisotopic (exact) mass is 364 g/mol. The lowest BCUT2D eigenvalue weighted by Gasteiger charge is -2.37. The molecule has 136 valence electrons. The van der Waals surface area contributed by atoms with Crippen molar-refractivity contribution in [3.05, 3.63) is 29.8 Å². The van der Waals surface area contributed by atoms with Crippen molar-refractivity contribution in [1.82, 2.24) is 14.1 Å². The van der Waals surface area contributed by atoms with Crippen LogP contribution in [0.4, 0.5) is 0 Å². The minimum absolute atomic E-state index is 0.0754. The van der Waals surface area contributed by atoms with Crippen molar-refractivity contribution >= 4 is 15.9 Å². The SMILES string of the molecule is CC(C)N1CCN(C(=O)CN(C)S(=O)(=O)c2ccc(C#N)cc2)CC1. The van der Waals surface area contributed by atoms with Gasteiger partial charge < -0.3 is 4.90 Å². The van der Waals surface area contributed by atoms with Crippen molar-refractivity contribution in [2.75, 3.05) is 39.8 Å². The minimum atomic E-state index is -3.76. The maximum Gasteiger partial charge on any atom is 0.243 e. The first kappa shape index (κ1) is 19.4. The van der Waals surface area contributed by atoms with Gasteiger partial charge in [0.05, 0.1) is 23.1 Å². The summed E-state index contributed by atoms with van der Waals surface area (Å²) in [5, 5.41) is 8.79. The highest BCUT2D eigenvalue weighted by Crippen LogP contribution is 2.15. The molecule has 0 aliphatic carbocycles. The highest BCUT2D eigenvalue weighted by atomic mass is 32.2. The second kappa shape index (κ2) is 7.95. The van der Waals surface area contributed by atoms with Gasteiger partial charge in [0, 0.05) is 39.3 Å². The molecule has 0 aromatic heterocycles. The van der Waals surface area contributed by atoms with Gasteiger partial charge in [-0.1, -0.05) is 0 Å². The Bertz CT molecular complexity index is 745. The molecule has 0 unspecified atom stereocenters. The van der Waals surface area contributed by atoms with Crippen molar-refractivity contribution < 1.29 is 13.2 Å². The summed E-state index contributed by atoms with van der Waals surface area (Å²) in [6.45, 7) is 6.88. The van der Waals surface area contributed by atoms with E-state index in [0.29, 0.717) is 24.7 Å². The zero-order valence-corrected chi connectivity index (χ0v) is 15.7. The second-order valence-corrected chi connectivity index (χ2v) is 8.45. The first-order valence-electron chi connectivity index (χ1n) is 8.24. The lowest BCUT2D eigenvalue weighted by atomic mass is 10.2. The first-order chi connectivity index (χ1) is 11.8. The van der Waals surface area contributed by atoms with Gasteiger partial charge >= 0.3 is 0 Å². The lowest BCUT2D eigenvalue weighted by molar-refractivity contribution is -0.133. The maximum atomic E-state index is 12.6. The number of carbonyl (C=O) groups excluding carboxylic acids is 1. The van der Waals surface area contributed by atoms with Gasteiger partial charge in [-0.25, -0.2) is 8.42 Å². The van der Waals surface area contributed by atoms with Gasteiger partial charge in [-0.15, -0.1) is 0 Å². The van der Waals surface area contributed by atoms with Gasteiger partial charge in [0.25, 0.3) is 0 Å². The lowest BCUT2D eigenvalue weighted by Crippen LogP contribution is -2.52. The Morgan fingerprint density at radius 2 is 1.76 bits per heavy atom. The van der Waals surface area contributed by atoms with Crippen molar-refractivity contribution in [3.8, 4) is 6.07 Å². The Morgan fingerprint density at radius 1 is 1.20 bits per heavy atom. The van der Waals surface area contributed by atoms with Crippen LogP contribution in [-0.2, 0) is 14.8 Å². The molecule has 1 aliphatic rings. The Morgan fingerprint density at radius 3 is 2.24 bits per heavy atom. The number of piperazine rings is 1. The van der Waals surface area contributed by atoms with Gasteiger partial charge in [-0.2, -0.15) is 9.57 Å². The van der Waals surface area contributed by atoms with Gasteiger partial charge in [-0.05, 0) is 38.1 Å². The predicted molar refractivity (Wildman–Crippen MR) is 94.3 cm³/mol. The Labute approximate surface area is 149 Å². The van der Waals surface area contributed by atoms with E-state index in [-0.39, 0.29) is 17.3 Å². The largest absolute Gasteiger partial charge is 0.339 e. The Balaban J connectivity index is 1.99. The molecule has 0 atom stereocenters. The third kappa shape index (κ3) is 4.57. The molecule has 0 radical (unpaired) electrons. The number of likely N-dealkylation sites (N-methyl/N-ethyl adjacent to an activating group) is 1. The summed E-state index contributed by atoms with van der Waals surface area (Å²) in [5.41, 5.74) is 0.390. The molecule has 0 N–H and O–H groups in total. The number of carbonyl (C=O) groups is 1. The Hall–Kier alpha value is -1.95. The molecule has 1 fully saturated rings. The number of nitriles is 1. The van der Waals surface area contributed by atoms with Crippen LogP contribution in [0.5, 0.6) is 0 Å². The van der Waals surface area contributed by atoms with Crippen molar-refractivity contribution in [3.63, 3.8) is 0 Å². The molecule has 1 saturated heterocycles. The molecular formula is C17H24N4O3S. The van der Waals surface area contributed by atoms with Crippen LogP contribution in [0.2, 0.25) is 0 Å². The molecule has 2 rings (SSSR count). The van der Waals surface area contributed by atoms with Crippen LogP contribution in [0.15, 0.2) is 29.2 Å². The second-order valence-electron chi connectivity index (χ2n) is 6.41. The zero-order valence-electron chi connectivity index (χ0n) is 14.8. The summed E-state index contributed by atoms with van der Waals surface area (Å²) in [6.07, 6.45) is 0. The molecule has 1 aromatic rings. The highest BCUT2D eigenvalue weighted by molar-refractivity contribution is 7.89. The van der Waals surface area contributed by atoms with Crippen LogP contribution in [-0.4, -0.2) is 74.2 Å². The maximum absolute atomic E-state index is 12.6. The molecular weight excluding hydrogens is 340 g/mol. The van der Waals surface area contributed by atoms with E-state index in [1.54, 1.807) is 4.90 Å². The summed E-state index contributed by atoms with van der Waals surface area (Å²) in [4.78, 5) is 16.5. The number of hydrogen-bond acceptors (Lipinski definition) is 5. The van der Waals surface area contributed by atoms with Gasteiger partial charge in [0.1, 0.15) is 0 Å². The van der Waals surface area contributed by atoms with Crippen molar-refractivity contribution in [2.24, 2.45) is 0 Å². The number of benzene rings is 1. The molecule has 0 saturated carbocycles. The summed E-state index contributed by atoms with van der Waals surface area (Å²) < 4.78 is 26.2. The van der Waals surface area contributed by atoms with E-state index in [1.807, 2.05) is 6.07 Å². The molecule has 1 amide bonds. The van der Waals surface area contributed by atoms with E-state index in [0.717, 1.165) is 17.4 Å². The molecule has 1 heterocycles. The summed E-state index contributed by atoms with van der Waals surface area (Å²) in [6, 6.07) is 8.06. The number of rotatable bonds is 5. The summed E-state index contributed by atoms with van der Waals surface area (Å²) in [7, 11) is -2.36. The average molecular weight is 364 g/mol. The molecule has 7 nitrogen and oxygen atoms in total. The van der Waals surface area contributed by atoms with Gasteiger partial charge in [-0.3, -0.25) is 9.69 Å². The third-order valence-corrected chi connectivity index (χ3v) is 6.26. The van der Waals surface area contributed by atoms with E-state index in [1.165, 1.54) is 31.3 Å². The fourth-order valence-corrected chi connectivity index (χ4v) is 3.86. The summed E-state index contributed by atoms with van der Waals surface area (Å²) >= 11 is 0. The van der Waals surface area contributed by atoms with E-state index in [9.17, 15) is 13.2 Å². The molecule has 0 spiro atoms. The van der Waals surface area contributed by atoms with Crippen molar-refractivity contribution in [2.45, 2.75) is 24.8 Å². The number of amides is 1. The van der Waals surface area contributed by atoms with E-state index < -0.39 is 10.0 Å². The fraction of sp³-hybridized carbons (Fsp3) is 0.529. The van der Waals surface area contributed by atoms with E-state index >= 15 is 0 Å². The van der Waals surface area contributed by atoms with Crippen LogP contribution in [0.3, 0.4) is 0 Å². The fourth-order valence-electron chi connectivity index (χ4n) is 2.74. The Kier molecular flexibility index (Phi) is 6.16. The van der Waals surface area contributed by atoms with E-state index in [4.69, 9.17) is 5.26 Å². The number of nitrogens with zero attached hydrogens (tertiary/aromatic N) is 4. The summed E-state index contributed by atoms with van der Waals surface area (Å²) in [5.74, 6) is -0.192. The number of hydrogen-bond donors (Lipinski definition) is 0. The minimum Gasteiger partial charge on any atom is -0.339 e. The molecule has 0 bridgehead atoms. The van der Waals surface area contributed by atoms with Crippen LogP contribution >= 0.6 is 0 Å². The molecule has 1 aromatic carbocycles. The third-order valence-electron chi connectivity index (χ3n) is 4.45. The molecule has 25 heavy (non-hydrogen) atoms. The van der Waals surface area contributed by atoms with Gasteiger partial charge in [0.15, 0.2) is 0 Å². The predicted octanol–water partition coefficient (Wildman–Crippen LogP) is 0.731. The van der Waals surface area contributed by atoms with E-state index in [2.05, 4.69) is 18.7 Å². The first-order valence-corrected chi connectivity index (χ1v) is 9.68. The topological polar surface area (TPSA) is 84.7 Å². The van der Waals surface area contributed by atoms with Crippen molar-refractivity contribution in [1.29, 1.82) is 5.26 Å². The number of sulfonamides is 1. The standard InChI is InChI=1S/C17H24N4O3S/c1-14(2)20-8-10-21(11-9-20)17(22)13-19(3)25(23,24)16-6-4-15(12-18)5-7-16/h4-7,14H,8-11,13H2,1-3H3. The van der Waals surface area contributed by atoms with Crippen LogP contribution in [0.25, 0.3) is 0 Å². The smallest absolute Gasteiger partial charge is 0.243 e. The van der Waals surface area contributed by atoms with Crippen LogP contribution in [0, 0.1) is 11.3 Å².